The molecule has 1 aromatic heterocycles. The maximum Gasteiger partial charge on any atom is 0.270 e. The summed E-state index contributed by atoms with van der Waals surface area (Å²) >= 11 is 3.31. The number of aromatic nitrogens is 1. The average Bonchev–Trinajstić information content (AvgIpc) is 2.75. The highest BCUT2D eigenvalue weighted by Gasteiger charge is 2.12. The van der Waals surface area contributed by atoms with Gasteiger partial charge in [0.2, 0.25) is 0 Å². The van der Waals surface area contributed by atoms with Crippen LogP contribution < -0.4 is 11.1 Å². The van der Waals surface area contributed by atoms with Gasteiger partial charge < -0.3 is 11.1 Å². The zero-order valence-electron chi connectivity index (χ0n) is 10.2. The molecule has 1 amide bonds. The maximum atomic E-state index is 11.8. The Morgan fingerprint density at radius 2 is 2.47 bits per heavy atom. The first kappa shape index (κ1) is 14.5. The van der Waals surface area contributed by atoms with Gasteiger partial charge in [-0.25, -0.2) is 4.98 Å². The van der Waals surface area contributed by atoms with Crippen LogP contribution in [0.1, 0.15) is 29.3 Å². The molecule has 0 saturated carbocycles. The second kappa shape index (κ2) is 7.68. The molecule has 4 nitrogen and oxygen atoms in total. The van der Waals surface area contributed by atoms with Crippen LogP contribution in [0.4, 0.5) is 0 Å². The zero-order valence-corrected chi connectivity index (χ0v) is 11.9. The van der Waals surface area contributed by atoms with Crippen molar-refractivity contribution in [3.63, 3.8) is 0 Å². The van der Waals surface area contributed by atoms with Crippen molar-refractivity contribution in [3.05, 3.63) is 16.1 Å². The summed E-state index contributed by atoms with van der Waals surface area (Å²) in [4.78, 5) is 16.1. The summed E-state index contributed by atoms with van der Waals surface area (Å²) in [5.41, 5.74) is 5.95. The molecular weight excluding hydrogens is 254 g/mol. The highest BCUT2D eigenvalue weighted by atomic mass is 32.2. The summed E-state index contributed by atoms with van der Waals surface area (Å²) in [6.07, 6.45) is 0.735. The number of nitrogens with zero attached hydrogens (tertiary/aromatic N) is 1. The average molecular weight is 273 g/mol. The summed E-state index contributed by atoms with van der Waals surface area (Å²) in [7, 11) is 0. The number of nitrogens with one attached hydrogen (secondary N) is 1. The summed E-state index contributed by atoms with van der Waals surface area (Å²) in [5.74, 6) is 1.91. The standard InChI is InChI=1S/C11H19N3OS2/c1-3-16-6-8(2)13-11(15)9-7-17-10(14-9)4-5-12/h7-8H,3-6,12H2,1-2H3,(H,13,15). The van der Waals surface area contributed by atoms with Gasteiger partial charge in [-0.15, -0.1) is 11.3 Å². The molecule has 0 aliphatic rings. The number of carbonyl (C=O) groups excluding carboxylic acids is 1. The van der Waals surface area contributed by atoms with Crippen LogP contribution in [0, 0.1) is 0 Å². The Hall–Kier alpha value is -0.590. The van der Waals surface area contributed by atoms with Crippen LogP contribution in [-0.4, -0.2) is 35.0 Å². The van der Waals surface area contributed by atoms with Gasteiger partial charge in [0.05, 0.1) is 5.01 Å². The van der Waals surface area contributed by atoms with E-state index < -0.39 is 0 Å². The van der Waals surface area contributed by atoms with Gasteiger partial charge in [-0.2, -0.15) is 11.8 Å². The lowest BCUT2D eigenvalue weighted by atomic mass is 10.3. The van der Waals surface area contributed by atoms with Crippen molar-refractivity contribution in [1.82, 2.24) is 10.3 Å². The fourth-order valence-electron chi connectivity index (χ4n) is 1.29. The molecule has 1 heterocycles. The Morgan fingerprint density at radius 1 is 1.71 bits per heavy atom. The van der Waals surface area contributed by atoms with E-state index in [9.17, 15) is 4.79 Å². The number of hydrogen-bond donors (Lipinski definition) is 2. The number of carbonyl (C=O) groups is 1. The molecular formula is C11H19N3OS2. The van der Waals surface area contributed by atoms with Crippen LogP contribution in [0.3, 0.4) is 0 Å². The lowest BCUT2D eigenvalue weighted by molar-refractivity contribution is 0.0939. The second-order valence-electron chi connectivity index (χ2n) is 3.70. The molecule has 0 saturated heterocycles. The van der Waals surface area contributed by atoms with Gasteiger partial charge >= 0.3 is 0 Å². The van der Waals surface area contributed by atoms with E-state index in [0.717, 1.165) is 22.9 Å². The van der Waals surface area contributed by atoms with E-state index in [0.29, 0.717) is 12.2 Å². The van der Waals surface area contributed by atoms with Crippen molar-refractivity contribution in [3.8, 4) is 0 Å². The monoisotopic (exact) mass is 273 g/mol. The summed E-state index contributed by atoms with van der Waals surface area (Å²) < 4.78 is 0. The van der Waals surface area contributed by atoms with Gasteiger partial charge in [-0.1, -0.05) is 6.92 Å². The number of hydrogen-bond acceptors (Lipinski definition) is 5. The molecule has 17 heavy (non-hydrogen) atoms. The van der Waals surface area contributed by atoms with Crippen molar-refractivity contribution >= 4 is 29.0 Å². The molecule has 1 unspecified atom stereocenters. The van der Waals surface area contributed by atoms with E-state index in [1.165, 1.54) is 11.3 Å². The molecule has 0 spiro atoms. The van der Waals surface area contributed by atoms with Gasteiger partial charge in [0.25, 0.3) is 5.91 Å². The molecule has 0 radical (unpaired) electrons. The van der Waals surface area contributed by atoms with Crippen LogP contribution in [0.2, 0.25) is 0 Å². The predicted octanol–water partition coefficient (Wildman–Crippen LogP) is 1.52. The van der Waals surface area contributed by atoms with Crippen LogP contribution >= 0.6 is 23.1 Å². The molecule has 1 rings (SSSR count). The van der Waals surface area contributed by atoms with Crippen molar-refractivity contribution in [2.75, 3.05) is 18.1 Å². The number of nitrogens with two attached hydrogens (primary N) is 1. The third-order valence-electron chi connectivity index (χ3n) is 2.09. The molecule has 0 aromatic carbocycles. The minimum absolute atomic E-state index is 0.0891. The Morgan fingerprint density at radius 3 is 3.12 bits per heavy atom. The quantitative estimate of drug-likeness (QED) is 0.790. The Bertz CT molecular complexity index is 354. The Balaban J connectivity index is 2.45. The SMILES string of the molecule is CCSCC(C)NC(=O)c1csc(CCN)n1. The zero-order chi connectivity index (χ0) is 12.7. The molecule has 3 N–H and O–H groups in total. The van der Waals surface area contributed by atoms with Gasteiger partial charge in [0.15, 0.2) is 0 Å². The number of rotatable bonds is 7. The van der Waals surface area contributed by atoms with Crippen LogP contribution in [-0.2, 0) is 6.42 Å². The van der Waals surface area contributed by atoms with Crippen LogP contribution in [0.25, 0.3) is 0 Å². The molecule has 6 heteroatoms. The van der Waals surface area contributed by atoms with Gasteiger partial charge in [-0.3, -0.25) is 4.79 Å². The fraction of sp³-hybridized carbons (Fsp3) is 0.636. The molecule has 0 aliphatic heterocycles. The van der Waals surface area contributed by atoms with E-state index >= 15 is 0 Å². The minimum atomic E-state index is -0.0891. The normalized spacial score (nSPS) is 12.4. The lowest BCUT2D eigenvalue weighted by Gasteiger charge is -2.11. The van der Waals surface area contributed by atoms with Crippen molar-refractivity contribution in [2.45, 2.75) is 26.3 Å². The van der Waals surface area contributed by atoms with Crippen LogP contribution in [0.15, 0.2) is 5.38 Å². The van der Waals surface area contributed by atoms with Crippen LogP contribution in [0.5, 0.6) is 0 Å². The first-order chi connectivity index (χ1) is 8.17. The number of thioether (sulfide) groups is 1. The fourth-order valence-corrected chi connectivity index (χ4v) is 2.75. The smallest absolute Gasteiger partial charge is 0.270 e. The topological polar surface area (TPSA) is 68.0 Å². The van der Waals surface area contributed by atoms with Crippen molar-refractivity contribution < 1.29 is 4.79 Å². The van der Waals surface area contributed by atoms with Crippen molar-refractivity contribution in [2.24, 2.45) is 5.73 Å². The molecule has 0 fully saturated rings. The first-order valence-corrected chi connectivity index (χ1v) is 7.73. The van der Waals surface area contributed by atoms with Crippen molar-refractivity contribution in [1.29, 1.82) is 0 Å². The molecule has 1 aromatic rings. The summed E-state index contributed by atoms with van der Waals surface area (Å²) in [5, 5.41) is 5.66. The van der Waals surface area contributed by atoms with E-state index in [-0.39, 0.29) is 11.9 Å². The number of thiazole rings is 1. The molecule has 1 atom stereocenters. The molecule has 96 valence electrons. The third kappa shape index (κ3) is 5.06. The predicted molar refractivity (Wildman–Crippen MR) is 74.8 cm³/mol. The van der Waals surface area contributed by atoms with Gasteiger partial charge in [0.1, 0.15) is 5.69 Å². The highest BCUT2D eigenvalue weighted by Crippen LogP contribution is 2.10. The lowest BCUT2D eigenvalue weighted by Crippen LogP contribution is -2.34. The van der Waals surface area contributed by atoms with E-state index in [4.69, 9.17) is 5.73 Å². The molecule has 0 bridgehead atoms. The second-order valence-corrected chi connectivity index (χ2v) is 5.96. The van der Waals surface area contributed by atoms with Gasteiger partial charge in [-0.05, 0) is 19.2 Å². The Kier molecular flexibility index (Phi) is 6.54. The largest absolute Gasteiger partial charge is 0.347 e. The number of amides is 1. The van der Waals surface area contributed by atoms with Gasteiger partial charge in [0, 0.05) is 23.6 Å². The van der Waals surface area contributed by atoms with E-state index in [1.807, 2.05) is 18.7 Å². The summed E-state index contributed by atoms with van der Waals surface area (Å²) in [6, 6.07) is 0.173. The first-order valence-electron chi connectivity index (χ1n) is 5.70. The minimum Gasteiger partial charge on any atom is -0.347 e. The summed E-state index contributed by atoms with van der Waals surface area (Å²) in [6.45, 7) is 4.69. The van der Waals surface area contributed by atoms with E-state index in [2.05, 4.69) is 17.2 Å². The maximum absolute atomic E-state index is 11.8. The van der Waals surface area contributed by atoms with E-state index in [1.54, 1.807) is 5.38 Å². The highest BCUT2D eigenvalue weighted by molar-refractivity contribution is 7.99. The molecule has 0 aliphatic carbocycles. The Labute approximate surface area is 110 Å². The third-order valence-corrected chi connectivity index (χ3v) is 4.14.